The number of amides is 1. The Morgan fingerprint density at radius 3 is 2.38 bits per heavy atom. The van der Waals surface area contributed by atoms with Crippen LogP contribution >= 0.6 is 0 Å². The highest BCUT2D eigenvalue weighted by molar-refractivity contribution is 6.51. The summed E-state index contributed by atoms with van der Waals surface area (Å²) in [6.07, 6.45) is 0. The normalized spacial score (nSPS) is 18.4. The molecule has 3 aromatic rings. The molecule has 37 heavy (non-hydrogen) atoms. The lowest BCUT2D eigenvalue weighted by Crippen LogP contribution is -2.29. The van der Waals surface area contributed by atoms with Gasteiger partial charge in [0.2, 0.25) is 6.79 Å². The summed E-state index contributed by atoms with van der Waals surface area (Å²) in [4.78, 5) is 38.8. The number of benzene rings is 3. The van der Waals surface area contributed by atoms with Crippen LogP contribution in [0.5, 0.6) is 11.5 Å². The van der Waals surface area contributed by atoms with Crippen molar-refractivity contribution in [3.05, 3.63) is 99.1 Å². The van der Waals surface area contributed by atoms with Crippen LogP contribution in [0.3, 0.4) is 0 Å². The molecule has 188 valence electrons. The SMILES string of the molecule is CC(C)(C)c1ccc(C2/C(=C(\O)c3cccc([N+](=O)[O-])c3)C(=O)C(=O)N2c2ccc3c(c2)OCO3)cc1. The van der Waals surface area contributed by atoms with Gasteiger partial charge >= 0.3 is 0 Å². The Bertz CT molecular complexity index is 1470. The number of ketones is 1. The molecule has 3 aromatic carbocycles. The summed E-state index contributed by atoms with van der Waals surface area (Å²) in [5, 5.41) is 22.6. The van der Waals surface area contributed by atoms with Gasteiger partial charge in [0.25, 0.3) is 17.4 Å². The topological polar surface area (TPSA) is 119 Å². The molecule has 1 saturated heterocycles. The van der Waals surface area contributed by atoms with Crippen LogP contribution in [-0.2, 0) is 15.0 Å². The van der Waals surface area contributed by atoms with Gasteiger partial charge in [0.15, 0.2) is 11.5 Å². The largest absolute Gasteiger partial charge is 0.507 e. The number of nitrogens with zero attached hydrogens (tertiary/aromatic N) is 2. The fraction of sp³-hybridized carbons (Fsp3) is 0.214. The molecular formula is C28H24N2O7. The minimum Gasteiger partial charge on any atom is -0.507 e. The summed E-state index contributed by atoms with van der Waals surface area (Å²) in [5.41, 5.74) is 1.56. The first-order valence-corrected chi connectivity index (χ1v) is 11.6. The Morgan fingerprint density at radius 1 is 1.00 bits per heavy atom. The van der Waals surface area contributed by atoms with Gasteiger partial charge in [0.05, 0.1) is 16.5 Å². The molecule has 1 amide bonds. The molecule has 0 saturated carbocycles. The van der Waals surface area contributed by atoms with Gasteiger partial charge < -0.3 is 14.6 Å². The fourth-order valence-electron chi connectivity index (χ4n) is 4.54. The minimum atomic E-state index is -0.978. The molecule has 2 aliphatic rings. The van der Waals surface area contributed by atoms with E-state index in [0.29, 0.717) is 22.7 Å². The summed E-state index contributed by atoms with van der Waals surface area (Å²) in [7, 11) is 0. The highest BCUT2D eigenvalue weighted by Crippen LogP contribution is 2.45. The van der Waals surface area contributed by atoms with Crippen molar-refractivity contribution in [1.29, 1.82) is 0 Å². The Morgan fingerprint density at radius 2 is 1.70 bits per heavy atom. The van der Waals surface area contributed by atoms with Gasteiger partial charge in [-0.05, 0) is 28.7 Å². The van der Waals surface area contributed by atoms with Gasteiger partial charge in [0, 0.05) is 29.4 Å². The molecular weight excluding hydrogens is 476 g/mol. The number of carbonyl (C=O) groups excluding carboxylic acids is 2. The average molecular weight is 501 g/mol. The first-order chi connectivity index (χ1) is 17.6. The monoisotopic (exact) mass is 500 g/mol. The average Bonchev–Trinajstić information content (AvgIpc) is 3.45. The molecule has 0 radical (unpaired) electrons. The van der Waals surface area contributed by atoms with Crippen molar-refractivity contribution in [2.75, 3.05) is 11.7 Å². The summed E-state index contributed by atoms with van der Waals surface area (Å²) >= 11 is 0. The summed E-state index contributed by atoms with van der Waals surface area (Å²) in [6, 6.07) is 16.7. The molecule has 1 atom stereocenters. The number of ether oxygens (including phenoxy) is 2. The highest BCUT2D eigenvalue weighted by atomic mass is 16.7. The molecule has 5 rings (SSSR count). The van der Waals surface area contributed by atoms with Gasteiger partial charge in [-0.1, -0.05) is 57.2 Å². The van der Waals surface area contributed by atoms with Crippen LogP contribution in [0.15, 0.2) is 72.3 Å². The van der Waals surface area contributed by atoms with Crippen molar-refractivity contribution in [2.24, 2.45) is 0 Å². The van der Waals surface area contributed by atoms with Gasteiger partial charge in [0.1, 0.15) is 5.76 Å². The van der Waals surface area contributed by atoms with E-state index in [1.807, 2.05) is 24.3 Å². The van der Waals surface area contributed by atoms with E-state index in [-0.39, 0.29) is 29.0 Å². The number of rotatable bonds is 4. The third-order valence-electron chi connectivity index (χ3n) is 6.50. The van der Waals surface area contributed by atoms with Gasteiger partial charge in [-0.2, -0.15) is 0 Å². The molecule has 1 fully saturated rings. The van der Waals surface area contributed by atoms with Crippen molar-refractivity contribution >= 4 is 28.8 Å². The minimum absolute atomic E-state index is 0.0437. The Hall–Kier alpha value is -4.66. The molecule has 9 heteroatoms. The fourth-order valence-corrected chi connectivity index (χ4v) is 4.54. The molecule has 0 spiro atoms. The van der Waals surface area contributed by atoms with E-state index in [9.17, 15) is 24.8 Å². The van der Waals surface area contributed by atoms with Gasteiger partial charge in [-0.25, -0.2) is 0 Å². The third kappa shape index (κ3) is 4.18. The molecule has 9 nitrogen and oxygen atoms in total. The van der Waals surface area contributed by atoms with Crippen LogP contribution in [0.25, 0.3) is 5.76 Å². The number of aliphatic hydroxyl groups excluding tert-OH is 1. The number of carbonyl (C=O) groups is 2. The number of hydrogen-bond donors (Lipinski definition) is 1. The molecule has 1 N–H and O–H groups in total. The number of nitro groups is 1. The van der Waals surface area contributed by atoms with E-state index in [1.54, 1.807) is 18.2 Å². The van der Waals surface area contributed by atoms with Crippen LogP contribution in [-0.4, -0.2) is 28.5 Å². The highest BCUT2D eigenvalue weighted by Gasteiger charge is 2.47. The lowest BCUT2D eigenvalue weighted by molar-refractivity contribution is -0.384. The Kier molecular flexibility index (Phi) is 5.70. The van der Waals surface area contributed by atoms with Crippen molar-refractivity contribution in [1.82, 2.24) is 0 Å². The van der Waals surface area contributed by atoms with E-state index in [0.717, 1.165) is 5.56 Å². The number of Topliss-reactive ketones (excluding diaryl/α,β-unsaturated/α-hetero) is 1. The quantitative estimate of drug-likeness (QED) is 0.171. The number of non-ortho nitro benzene ring substituents is 1. The molecule has 2 heterocycles. The van der Waals surface area contributed by atoms with Gasteiger partial charge in [-0.15, -0.1) is 0 Å². The number of hydrogen-bond acceptors (Lipinski definition) is 7. The molecule has 0 aromatic heterocycles. The second-order valence-electron chi connectivity index (χ2n) is 9.89. The van der Waals surface area contributed by atoms with Gasteiger partial charge in [-0.3, -0.25) is 24.6 Å². The molecule has 0 bridgehead atoms. The van der Waals surface area contributed by atoms with Crippen molar-refractivity contribution < 1.29 is 29.1 Å². The Labute approximate surface area is 212 Å². The number of anilines is 1. The molecule has 0 aliphatic carbocycles. The second kappa shape index (κ2) is 8.77. The maximum atomic E-state index is 13.4. The smallest absolute Gasteiger partial charge is 0.300 e. The first kappa shape index (κ1) is 24.1. The van der Waals surface area contributed by atoms with Crippen LogP contribution < -0.4 is 14.4 Å². The van der Waals surface area contributed by atoms with E-state index >= 15 is 0 Å². The van der Waals surface area contributed by atoms with E-state index in [1.165, 1.54) is 29.2 Å². The van der Waals surface area contributed by atoms with Crippen LogP contribution in [0.2, 0.25) is 0 Å². The second-order valence-corrected chi connectivity index (χ2v) is 9.89. The zero-order chi connectivity index (χ0) is 26.5. The zero-order valence-corrected chi connectivity index (χ0v) is 20.4. The van der Waals surface area contributed by atoms with Crippen molar-refractivity contribution in [3.8, 4) is 11.5 Å². The van der Waals surface area contributed by atoms with Crippen LogP contribution in [0.4, 0.5) is 11.4 Å². The lowest BCUT2D eigenvalue weighted by atomic mass is 9.85. The predicted molar refractivity (Wildman–Crippen MR) is 136 cm³/mol. The van der Waals surface area contributed by atoms with Crippen LogP contribution in [0.1, 0.15) is 43.5 Å². The first-order valence-electron chi connectivity index (χ1n) is 11.6. The van der Waals surface area contributed by atoms with Crippen molar-refractivity contribution in [3.63, 3.8) is 0 Å². The van der Waals surface area contributed by atoms with E-state index in [2.05, 4.69) is 20.8 Å². The Balaban J connectivity index is 1.70. The van der Waals surface area contributed by atoms with E-state index in [4.69, 9.17) is 9.47 Å². The zero-order valence-electron chi connectivity index (χ0n) is 20.4. The van der Waals surface area contributed by atoms with Crippen LogP contribution in [0, 0.1) is 10.1 Å². The predicted octanol–water partition coefficient (Wildman–Crippen LogP) is 5.25. The summed E-state index contributed by atoms with van der Waals surface area (Å²) in [5.74, 6) is -1.28. The molecule has 1 unspecified atom stereocenters. The lowest BCUT2D eigenvalue weighted by Gasteiger charge is -2.26. The summed E-state index contributed by atoms with van der Waals surface area (Å²) in [6.45, 7) is 6.26. The number of fused-ring (bicyclic) bond motifs is 1. The van der Waals surface area contributed by atoms with Crippen molar-refractivity contribution in [2.45, 2.75) is 32.2 Å². The number of nitro benzene ring substituents is 1. The summed E-state index contributed by atoms with van der Waals surface area (Å²) < 4.78 is 10.8. The standard InChI is InChI=1S/C28H24N2O7/c1-28(2,3)18-9-7-16(8-10-18)24-23(25(31)17-5-4-6-20(13-17)30(34)35)26(32)27(33)29(24)19-11-12-21-22(14-19)37-15-36-21/h4-14,24,31H,15H2,1-3H3/b25-23+. The maximum Gasteiger partial charge on any atom is 0.300 e. The number of aliphatic hydroxyl groups is 1. The molecule has 2 aliphatic heterocycles. The third-order valence-corrected chi connectivity index (χ3v) is 6.50. The maximum absolute atomic E-state index is 13.4. The van der Waals surface area contributed by atoms with E-state index < -0.39 is 28.4 Å².